The summed E-state index contributed by atoms with van der Waals surface area (Å²) in [4.78, 5) is 35.2. The summed E-state index contributed by atoms with van der Waals surface area (Å²) >= 11 is 0. The molecule has 168 valence electrons. The van der Waals surface area contributed by atoms with Crippen molar-refractivity contribution in [1.29, 1.82) is 0 Å². The quantitative estimate of drug-likeness (QED) is 0.426. The van der Waals surface area contributed by atoms with E-state index in [1.165, 1.54) is 18.8 Å². The number of nitrogens with zero attached hydrogens (tertiary/aromatic N) is 5. The topological polar surface area (TPSA) is 112 Å². The molecule has 0 bridgehead atoms. The van der Waals surface area contributed by atoms with Gasteiger partial charge in [0.15, 0.2) is 0 Å². The van der Waals surface area contributed by atoms with Crippen LogP contribution < -0.4 is 15.5 Å². The average molecular weight is 443 g/mol. The van der Waals surface area contributed by atoms with Gasteiger partial charge >= 0.3 is 0 Å². The summed E-state index contributed by atoms with van der Waals surface area (Å²) in [5, 5.41) is 5.98. The molecule has 4 aromatic rings. The number of aromatic nitrogens is 5. The van der Waals surface area contributed by atoms with Gasteiger partial charge in [0, 0.05) is 37.3 Å². The van der Waals surface area contributed by atoms with Crippen LogP contribution in [0.3, 0.4) is 0 Å². The van der Waals surface area contributed by atoms with Crippen molar-refractivity contribution in [3.8, 4) is 0 Å². The Morgan fingerprint density at radius 2 is 2.00 bits per heavy atom. The molecule has 1 fully saturated rings. The second-order valence-electron chi connectivity index (χ2n) is 8.42. The number of anilines is 4. The van der Waals surface area contributed by atoms with Gasteiger partial charge in [0.25, 0.3) is 0 Å². The highest BCUT2D eigenvalue weighted by atomic mass is 16.1. The third kappa shape index (κ3) is 4.77. The number of amides is 1. The number of nitrogens with one attached hydrogen (secondary N) is 3. The molecule has 0 radical (unpaired) electrons. The molecule has 2 aromatic carbocycles. The first kappa shape index (κ1) is 20.9. The molecule has 3 N–H and O–H groups in total. The van der Waals surface area contributed by atoms with Gasteiger partial charge in [0.2, 0.25) is 17.8 Å². The number of carbonyl (C=O) groups excluding carboxylic acids is 1. The lowest BCUT2D eigenvalue weighted by molar-refractivity contribution is -0.114. The number of fused-ring (bicyclic) bond motifs is 1. The van der Waals surface area contributed by atoms with Crippen molar-refractivity contribution in [2.24, 2.45) is 0 Å². The normalized spacial score (nSPS) is 16.1. The number of rotatable bonds is 5. The molecule has 9 heteroatoms. The lowest BCUT2D eigenvalue weighted by atomic mass is 9.98. The van der Waals surface area contributed by atoms with E-state index >= 15 is 0 Å². The van der Waals surface area contributed by atoms with Crippen molar-refractivity contribution in [3.05, 3.63) is 60.2 Å². The number of piperidine rings is 1. The first-order valence-corrected chi connectivity index (χ1v) is 11.1. The molecule has 0 spiro atoms. The molecule has 1 saturated heterocycles. The summed E-state index contributed by atoms with van der Waals surface area (Å²) < 4.78 is 0. The minimum Gasteiger partial charge on any atom is -0.342 e. The van der Waals surface area contributed by atoms with Gasteiger partial charge < -0.3 is 20.5 Å². The average Bonchev–Trinajstić information content (AvgIpc) is 3.22. The Morgan fingerprint density at radius 3 is 2.88 bits per heavy atom. The molecule has 1 atom stereocenters. The number of hydrogen-bond acceptors (Lipinski definition) is 7. The van der Waals surface area contributed by atoms with Crippen LogP contribution >= 0.6 is 0 Å². The smallest absolute Gasteiger partial charge is 0.231 e. The van der Waals surface area contributed by atoms with Crippen LogP contribution in [0.25, 0.3) is 11.0 Å². The molecule has 3 heterocycles. The van der Waals surface area contributed by atoms with E-state index in [-0.39, 0.29) is 11.8 Å². The van der Waals surface area contributed by atoms with Crippen LogP contribution in [0.15, 0.2) is 48.8 Å². The van der Waals surface area contributed by atoms with Crippen LogP contribution in [0.1, 0.15) is 37.1 Å². The van der Waals surface area contributed by atoms with E-state index in [1.54, 1.807) is 0 Å². The molecular formula is C24H26N8O. The zero-order valence-electron chi connectivity index (χ0n) is 18.7. The number of carbonyl (C=O) groups is 1. The highest BCUT2D eigenvalue weighted by Gasteiger charge is 2.25. The summed E-state index contributed by atoms with van der Waals surface area (Å²) in [6.45, 7) is 5.25. The molecule has 2 aromatic heterocycles. The maximum absolute atomic E-state index is 11.3. The Bertz CT molecular complexity index is 1300. The third-order valence-corrected chi connectivity index (χ3v) is 5.74. The van der Waals surface area contributed by atoms with Crippen LogP contribution in [0, 0.1) is 6.92 Å². The third-order valence-electron chi connectivity index (χ3n) is 5.74. The lowest BCUT2D eigenvalue weighted by Crippen LogP contribution is -2.36. The molecular weight excluding hydrogens is 416 g/mol. The Hall–Kier alpha value is -4.01. The zero-order valence-corrected chi connectivity index (χ0v) is 18.7. The van der Waals surface area contributed by atoms with Crippen LogP contribution in [0.2, 0.25) is 0 Å². The van der Waals surface area contributed by atoms with Gasteiger partial charge in [-0.3, -0.25) is 4.79 Å². The maximum Gasteiger partial charge on any atom is 0.231 e. The predicted octanol–water partition coefficient (Wildman–Crippen LogP) is 4.14. The summed E-state index contributed by atoms with van der Waals surface area (Å²) in [5.74, 6) is 2.29. The fraction of sp³-hybridized carbons (Fsp3) is 0.292. The predicted molar refractivity (Wildman–Crippen MR) is 129 cm³/mol. The minimum absolute atomic E-state index is 0.117. The number of benzene rings is 2. The van der Waals surface area contributed by atoms with Gasteiger partial charge in [-0.15, -0.1) is 0 Å². The fourth-order valence-electron chi connectivity index (χ4n) is 4.23. The molecule has 0 saturated carbocycles. The highest BCUT2D eigenvalue weighted by molar-refractivity contribution is 5.89. The highest BCUT2D eigenvalue weighted by Crippen LogP contribution is 2.29. The second kappa shape index (κ2) is 8.85. The molecule has 1 aliphatic rings. The number of aromatic amines is 1. The van der Waals surface area contributed by atoms with Gasteiger partial charge in [-0.1, -0.05) is 12.1 Å². The molecule has 1 aliphatic heterocycles. The van der Waals surface area contributed by atoms with E-state index in [4.69, 9.17) is 4.98 Å². The Balaban J connectivity index is 1.32. The Labute approximate surface area is 191 Å². The van der Waals surface area contributed by atoms with E-state index in [0.717, 1.165) is 48.5 Å². The first-order chi connectivity index (χ1) is 16.0. The van der Waals surface area contributed by atoms with Crippen LogP contribution in [0.4, 0.5) is 23.3 Å². The van der Waals surface area contributed by atoms with E-state index in [1.807, 2.05) is 24.3 Å². The summed E-state index contributed by atoms with van der Waals surface area (Å²) in [6, 6.07) is 13.7. The lowest BCUT2D eigenvalue weighted by Gasteiger charge is -2.31. The van der Waals surface area contributed by atoms with Crippen LogP contribution in [0.5, 0.6) is 0 Å². The van der Waals surface area contributed by atoms with Crippen molar-refractivity contribution < 1.29 is 4.79 Å². The van der Waals surface area contributed by atoms with Crippen LogP contribution in [-0.2, 0) is 4.79 Å². The van der Waals surface area contributed by atoms with Crippen molar-refractivity contribution >= 4 is 40.2 Å². The second-order valence-corrected chi connectivity index (χ2v) is 8.42. The largest absolute Gasteiger partial charge is 0.342 e. The molecule has 33 heavy (non-hydrogen) atoms. The van der Waals surface area contributed by atoms with Crippen molar-refractivity contribution in [3.63, 3.8) is 0 Å². The van der Waals surface area contributed by atoms with Gasteiger partial charge in [0.1, 0.15) is 12.2 Å². The summed E-state index contributed by atoms with van der Waals surface area (Å²) in [7, 11) is 0. The number of aryl methyl sites for hydroxylation is 1. The summed E-state index contributed by atoms with van der Waals surface area (Å²) in [6.07, 6.45) is 3.63. The van der Waals surface area contributed by atoms with E-state index in [0.29, 0.717) is 17.6 Å². The van der Waals surface area contributed by atoms with Gasteiger partial charge in [-0.05, 0) is 55.7 Å². The molecule has 1 amide bonds. The molecule has 0 unspecified atom stereocenters. The summed E-state index contributed by atoms with van der Waals surface area (Å²) in [5.41, 5.74) is 4.79. The van der Waals surface area contributed by atoms with Gasteiger partial charge in [-0.2, -0.15) is 4.98 Å². The fourth-order valence-corrected chi connectivity index (χ4v) is 4.23. The standard InChI is InChI=1S/C24H26N8O/c1-15-8-9-20-21(11-15)30-22(29-20)17-5-4-10-32(13-17)24-26-14-25-23(31-24)28-19-7-3-6-18(12-19)27-16(2)33/h3,6-9,11-12,14,17H,4-5,10,13H2,1-2H3,(H,27,33)(H,29,30)(H,25,26,28,31)/t17-/m0/s1. The van der Waals surface area contributed by atoms with Crippen molar-refractivity contribution in [2.45, 2.75) is 32.6 Å². The monoisotopic (exact) mass is 442 g/mol. The van der Waals surface area contributed by atoms with E-state index < -0.39 is 0 Å². The van der Waals surface area contributed by atoms with Gasteiger partial charge in [-0.25, -0.2) is 15.0 Å². The Morgan fingerprint density at radius 1 is 1.12 bits per heavy atom. The van der Waals surface area contributed by atoms with Crippen molar-refractivity contribution in [2.75, 3.05) is 28.6 Å². The molecule has 5 rings (SSSR count). The SMILES string of the molecule is CC(=O)Nc1cccc(Nc2ncnc(N3CCC[C@H](c4nc5ccc(C)cc5[nH]4)C3)n2)c1. The number of imidazole rings is 1. The van der Waals surface area contributed by atoms with E-state index in [9.17, 15) is 4.79 Å². The Kier molecular flexibility index (Phi) is 5.60. The maximum atomic E-state index is 11.3. The minimum atomic E-state index is -0.117. The molecule has 0 aliphatic carbocycles. The van der Waals surface area contributed by atoms with E-state index in [2.05, 4.69) is 60.6 Å². The van der Waals surface area contributed by atoms with Crippen LogP contribution in [-0.4, -0.2) is 43.9 Å². The zero-order chi connectivity index (χ0) is 22.8. The number of H-pyrrole nitrogens is 1. The van der Waals surface area contributed by atoms with Crippen molar-refractivity contribution in [1.82, 2.24) is 24.9 Å². The number of hydrogen-bond donors (Lipinski definition) is 3. The first-order valence-electron chi connectivity index (χ1n) is 11.1. The molecule has 9 nitrogen and oxygen atoms in total. The van der Waals surface area contributed by atoms with Gasteiger partial charge in [0.05, 0.1) is 11.0 Å².